The van der Waals surface area contributed by atoms with E-state index in [1.54, 1.807) is 12.3 Å². The number of anilines is 2. The fourth-order valence-electron chi connectivity index (χ4n) is 4.86. The number of pyridine rings is 2. The van der Waals surface area contributed by atoms with Gasteiger partial charge in [-0.3, -0.25) is 14.6 Å². The summed E-state index contributed by atoms with van der Waals surface area (Å²) in [6.45, 7) is 9.77. The first-order valence-electron chi connectivity index (χ1n) is 13.6. The number of benzene rings is 1. The Balaban J connectivity index is 1.40. The van der Waals surface area contributed by atoms with Crippen LogP contribution >= 0.6 is 0 Å². The van der Waals surface area contributed by atoms with Gasteiger partial charge in [-0.25, -0.2) is 0 Å². The Hall–Kier alpha value is -3.45. The van der Waals surface area contributed by atoms with Crippen molar-refractivity contribution in [3.63, 3.8) is 0 Å². The summed E-state index contributed by atoms with van der Waals surface area (Å²) in [6.07, 6.45) is 8.47. The molecule has 3 aromatic rings. The fourth-order valence-corrected chi connectivity index (χ4v) is 4.86. The number of aromatic amines is 1. The van der Waals surface area contributed by atoms with Gasteiger partial charge in [0.2, 0.25) is 0 Å². The second-order valence-corrected chi connectivity index (χ2v) is 9.68. The molecule has 196 valence electrons. The van der Waals surface area contributed by atoms with Gasteiger partial charge in [0.1, 0.15) is 5.69 Å². The first-order chi connectivity index (χ1) is 18.1. The minimum absolute atomic E-state index is 0.217. The molecule has 1 aromatic carbocycles. The summed E-state index contributed by atoms with van der Waals surface area (Å²) < 4.78 is 0. The van der Waals surface area contributed by atoms with E-state index >= 15 is 0 Å². The lowest BCUT2D eigenvalue weighted by Crippen LogP contribution is -2.29. The highest BCUT2D eigenvalue weighted by Gasteiger charge is 2.14. The van der Waals surface area contributed by atoms with E-state index in [-0.39, 0.29) is 17.2 Å². The lowest BCUT2D eigenvalue weighted by atomic mass is 10.1. The van der Waals surface area contributed by atoms with Crippen molar-refractivity contribution in [2.45, 2.75) is 52.4 Å². The second-order valence-electron chi connectivity index (χ2n) is 9.68. The molecule has 0 spiro atoms. The monoisotopic (exact) mass is 501 g/mol. The SMILES string of the molecule is CCN(CC)CCCCc1cccc(-c2c[nH]c(=O)c(NC(=O)c3ccc(N4CCCCC4)cc3)c2)n1. The highest BCUT2D eigenvalue weighted by molar-refractivity contribution is 6.04. The molecular formula is C30H39N5O2. The Bertz CT molecular complexity index is 1210. The molecule has 1 aliphatic heterocycles. The first kappa shape index (κ1) is 26.6. The lowest BCUT2D eigenvalue weighted by molar-refractivity contribution is 0.102. The molecule has 4 rings (SSSR count). The van der Waals surface area contributed by atoms with Gasteiger partial charge in [-0.2, -0.15) is 0 Å². The Labute approximate surface area is 219 Å². The minimum atomic E-state index is -0.338. The van der Waals surface area contributed by atoms with Crippen LogP contribution in [0.2, 0.25) is 0 Å². The van der Waals surface area contributed by atoms with E-state index < -0.39 is 0 Å². The van der Waals surface area contributed by atoms with E-state index in [9.17, 15) is 9.59 Å². The van der Waals surface area contributed by atoms with E-state index in [1.165, 1.54) is 19.3 Å². The molecule has 0 bridgehead atoms. The summed E-state index contributed by atoms with van der Waals surface area (Å²) >= 11 is 0. The van der Waals surface area contributed by atoms with Crippen LogP contribution in [-0.4, -0.2) is 53.5 Å². The van der Waals surface area contributed by atoms with Gasteiger partial charge in [0.15, 0.2) is 0 Å². The molecule has 3 heterocycles. The number of carbonyl (C=O) groups excluding carboxylic acids is 1. The van der Waals surface area contributed by atoms with Crippen molar-refractivity contribution in [1.82, 2.24) is 14.9 Å². The van der Waals surface area contributed by atoms with Gasteiger partial charge in [-0.1, -0.05) is 19.9 Å². The number of nitrogens with zero attached hydrogens (tertiary/aromatic N) is 3. The maximum Gasteiger partial charge on any atom is 0.271 e. The molecule has 1 saturated heterocycles. The molecule has 2 aromatic heterocycles. The van der Waals surface area contributed by atoms with Gasteiger partial charge in [0.25, 0.3) is 11.5 Å². The highest BCUT2D eigenvalue weighted by atomic mass is 16.2. The van der Waals surface area contributed by atoms with Crippen LogP contribution < -0.4 is 15.8 Å². The number of amides is 1. The third-order valence-electron chi connectivity index (χ3n) is 7.16. The minimum Gasteiger partial charge on any atom is -0.372 e. The molecule has 0 saturated carbocycles. The van der Waals surface area contributed by atoms with Crippen molar-refractivity contribution in [2.24, 2.45) is 0 Å². The molecule has 0 radical (unpaired) electrons. The summed E-state index contributed by atoms with van der Waals surface area (Å²) in [4.78, 5) is 37.7. The molecule has 1 fully saturated rings. The van der Waals surface area contributed by atoms with Crippen molar-refractivity contribution >= 4 is 17.3 Å². The standard InChI is InChI=1S/C30H39N5O2/c1-3-34(4-2)18-9-6-11-25-12-10-13-27(32-25)24-21-28(30(37)31-22-24)33-29(36)23-14-16-26(17-15-23)35-19-7-5-8-20-35/h10,12-17,21-22H,3-9,11,18-20H2,1-2H3,(H,31,37)(H,33,36). The zero-order valence-corrected chi connectivity index (χ0v) is 22.1. The summed E-state index contributed by atoms with van der Waals surface area (Å²) in [5, 5.41) is 2.79. The molecule has 7 nitrogen and oxygen atoms in total. The normalized spacial score (nSPS) is 13.6. The first-order valence-corrected chi connectivity index (χ1v) is 13.6. The fraction of sp³-hybridized carbons (Fsp3) is 0.433. The molecule has 0 atom stereocenters. The maximum absolute atomic E-state index is 12.9. The van der Waals surface area contributed by atoms with Crippen LogP contribution in [0.4, 0.5) is 11.4 Å². The number of rotatable bonds is 11. The summed E-state index contributed by atoms with van der Waals surface area (Å²) in [7, 11) is 0. The van der Waals surface area contributed by atoms with E-state index in [0.29, 0.717) is 5.56 Å². The van der Waals surface area contributed by atoms with Crippen molar-refractivity contribution in [3.8, 4) is 11.3 Å². The van der Waals surface area contributed by atoms with Crippen LogP contribution in [0.1, 0.15) is 62.0 Å². The number of nitrogens with one attached hydrogen (secondary N) is 2. The van der Waals surface area contributed by atoms with E-state index in [1.807, 2.05) is 42.5 Å². The zero-order valence-electron chi connectivity index (χ0n) is 22.1. The van der Waals surface area contributed by atoms with Crippen LogP contribution in [0.15, 0.2) is 59.5 Å². The van der Waals surface area contributed by atoms with Gasteiger partial charge in [0, 0.05) is 41.8 Å². The van der Waals surface area contributed by atoms with E-state index in [4.69, 9.17) is 4.98 Å². The molecule has 2 N–H and O–H groups in total. The summed E-state index contributed by atoms with van der Waals surface area (Å²) in [5.74, 6) is -0.303. The van der Waals surface area contributed by atoms with Crippen LogP contribution in [0.3, 0.4) is 0 Å². The molecular weight excluding hydrogens is 462 g/mol. The molecule has 7 heteroatoms. The van der Waals surface area contributed by atoms with Gasteiger partial charge in [0.05, 0.1) is 5.69 Å². The maximum atomic E-state index is 12.9. The average molecular weight is 502 g/mol. The van der Waals surface area contributed by atoms with Crippen LogP contribution in [0.5, 0.6) is 0 Å². The number of hydrogen-bond acceptors (Lipinski definition) is 5. The average Bonchev–Trinajstić information content (AvgIpc) is 2.95. The Morgan fingerprint density at radius 2 is 1.78 bits per heavy atom. The van der Waals surface area contributed by atoms with Crippen molar-refractivity contribution in [2.75, 3.05) is 42.9 Å². The topological polar surface area (TPSA) is 81.3 Å². The van der Waals surface area contributed by atoms with Gasteiger partial charge >= 0.3 is 0 Å². The van der Waals surface area contributed by atoms with Gasteiger partial charge in [-0.15, -0.1) is 0 Å². The predicted octanol–water partition coefficient (Wildman–Crippen LogP) is 5.34. The quantitative estimate of drug-likeness (QED) is 0.347. The lowest BCUT2D eigenvalue weighted by Gasteiger charge is -2.28. The number of hydrogen-bond donors (Lipinski definition) is 2. The number of carbonyl (C=O) groups is 1. The summed E-state index contributed by atoms with van der Waals surface area (Å²) in [6, 6.07) is 15.3. The highest BCUT2D eigenvalue weighted by Crippen LogP contribution is 2.22. The predicted molar refractivity (Wildman–Crippen MR) is 151 cm³/mol. The van der Waals surface area contributed by atoms with E-state index in [0.717, 1.165) is 74.6 Å². The zero-order chi connectivity index (χ0) is 26.0. The Morgan fingerprint density at radius 1 is 1.03 bits per heavy atom. The molecule has 0 unspecified atom stereocenters. The summed E-state index contributed by atoms with van der Waals surface area (Å²) in [5.41, 5.74) is 4.11. The largest absolute Gasteiger partial charge is 0.372 e. The molecule has 0 aliphatic carbocycles. The number of aromatic nitrogens is 2. The van der Waals surface area contributed by atoms with Crippen LogP contribution in [-0.2, 0) is 6.42 Å². The number of aryl methyl sites for hydroxylation is 1. The molecule has 1 amide bonds. The third kappa shape index (κ3) is 7.29. The Morgan fingerprint density at radius 3 is 2.51 bits per heavy atom. The van der Waals surface area contributed by atoms with E-state index in [2.05, 4.69) is 33.9 Å². The molecule has 1 aliphatic rings. The van der Waals surface area contributed by atoms with Crippen LogP contribution in [0.25, 0.3) is 11.3 Å². The third-order valence-corrected chi connectivity index (χ3v) is 7.16. The Kier molecular flexibility index (Phi) is 9.49. The van der Waals surface area contributed by atoms with Crippen molar-refractivity contribution < 1.29 is 4.79 Å². The van der Waals surface area contributed by atoms with Crippen LogP contribution in [0, 0.1) is 0 Å². The van der Waals surface area contributed by atoms with Gasteiger partial charge in [-0.05, 0) is 101 Å². The smallest absolute Gasteiger partial charge is 0.271 e. The van der Waals surface area contributed by atoms with Crippen molar-refractivity contribution in [1.29, 1.82) is 0 Å². The number of piperidine rings is 1. The molecule has 37 heavy (non-hydrogen) atoms. The van der Waals surface area contributed by atoms with Crippen molar-refractivity contribution in [3.05, 3.63) is 76.3 Å². The number of unbranched alkanes of at least 4 members (excludes halogenated alkanes) is 1. The second kappa shape index (κ2) is 13.2. The van der Waals surface area contributed by atoms with Gasteiger partial charge < -0.3 is 20.1 Å². The number of H-pyrrole nitrogens is 1.